The summed E-state index contributed by atoms with van der Waals surface area (Å²) in [5.74, 6) is 0. The number of nitrogens with one attached hydrogen (secondary N) is 1. The lowest BCUT2D eigenvalue weighted by atomic mass is 9.98. The Balaban J connectivity index is 1.42. The van der Waals surface area contributed by atoms with Crippen molar-refractivity contribution in [3.05, 3.63) is 102 Å². The van der Waals surface area contributed by atoms with Gasteiger partial charge in [0.15, 0.2) is 0 Å². The molecule has 4 aromatic rings. The quantitative estimate of drug-likeness (QED) is 0.586. The first-order chi connectivity index (χ1) is 13.9. The van der Waals surface area contributed by atoms with E-state index in [0.29, 0.717) is 0 Å². The summed E-state index contributed by atoms with van der Waals surface area (Å²) in [6, 6.07) is 16.9. The molecule has 1 N–H and O–H groups in total. The van der Waals surface area contributed by atoms with Gasteiger partial charge in [-0.25, -0.2) is 4.98 Å². The number of H-pyrrole nitrogens is 1. The molecule has 28 heavy (non-hydrogen) atoms. The molecule has 0 saturated heterocycles. The van der Waals surface area contributed by atoms with Gasteiger partial charge in [0.2, 0.25) is 0 Å². The zero-order valence-corrected chi connectivity index (χ0v) is 15.6. The standard InChI is InChI=1S/C22H22N6/c1-2-9-23-20(7-1)22-21-19(24-16-25-21)8-12-27(22)14-17-5-3-6-18(13-17)15-28-11-4-10-26-28/h1-7,9-11,13,16,22H,8,12,14-15H2,(H,24,25)/t22-/m0/s1. The Kier molecular flexibility index (Phi) is 4.47. The molecule has 4 heterocycles. The molecule has 6 nitrogen and oxygen atoms in total. The number of benzene rings is 1. The first kappa shape index (κ1) is 16.9. The van der Waals surface area contributed by atoms with Crippen LogP contribution in [0.4, 0.5) is 0 Å². The van der Waals surface area contributed by atoms with Crippen LogP contribution in [0.1, 0.15) is 34.3 Å². The van der Waals surface area contributed by atoms with Gasteiger partial charge in [0.25, 0.3) is 0 Å². The van der Waals surface area contributed by atoms with Crippen LogP contribution < -0.4 is 0 Å². The van der Waals surface area contributed by atoms with Gasteiger partial charge in [-0.2, -0.15) is 5.10 Å². The molecule has 0 fully saturated rings. The van der Waals surface area contributed by atoms with Crippen LogP contribution in [0, 0.1) is 0 Å². The number of rotatable bonds is 5. The highest BCUT2D eigenvalue weighted by atomic mass is 15.3. The van der Waals surface area contributed by atoms with E-state index in [0.717, 1.165) is 37.4 Å². The first-order valence-electron chi connectivity index (χ1n) is 9.59. The number of pyridine rings is 1. The van der Waals surface area contributed by atoms with E-state index < -0.39 is 0 Å². The molecule has 0 bridgehead atoms. The smallest absolute Gasteiger partial charge is 0.0971 e. The van der Waals surface area contributed by atoms with E-state index in [1.165, 1.54) is 16.8 Å². The lowest BCUT2D eigenvalue weighted by molar-refractivity contribution is 0.197. The van der Waals surface area contributed by atoms with E-state index in [2.05, 4.69) is 55.3 Å². The second-order valence-electron chi connectivity index (χ2n) is 7.17. The summed E-state index contributed by atoms with van der Waals surface area (Å²) in [6.07, 6.45) is 8.45. The van der Waals surface area contributed by atoms with E-state index in [1.807, 2.05) is 41.5 Å². The monoisotopic (exact) mass is 370 g/mol. The second-order valence-corrected chi connectivity index (χ2v) is 7.17. The van der Waals surface area contributed by atoms with E-state index in [4.69, 9.17) is 0 Å². The molecule has 0 unspecified atom stereocenters. The molecule has 0 aliphatic carbocycles. The molecular weight excluding hydrogens is 348 g/mol. The molecule has 0 spiro atoms. The number of fused-ring (bicyclic) bond motifs is 1. The maximum absolute atomic E-state index is 4.63. The fourth-order valence-corrected chi connectivity index (χ4v) is 4.00. The Bertz CT molecular complexity index is 1040. The van der Waals surface area contributed by atoms with Gasteiger partial charge >= 0.3 is 0 Å². The van der Waals surface area contributed by atoms with Gasteiger partial charge < -0.3 is 4.98 Å². The maximum Gasteiger partial charge on any atom is 0.0971 e. The SMILES string of the molecule is c1ccc([C@H]2c3nc[nH]c3CCN2Cc2cccc(Cn3cccn3)c2)nc1. The predicted octanol–water partition coefficient (Wildman–Crippen LogP) is 3.20. The van der Waals surface area contributed by atoms with Crippen molar-refractivity contribution in [3.8, 4) is 0 Å². The fraction of sp³-hybridized carbons (Fsp3) is 0.227. The molecule has 1 aliphatic rings. The third-order valence-electron chi connectivity index (χ3n) is 5.27. The van der Waals surface area contributed by atoms with Crippen LogP contribution in [0.15, 0.2) is 73.4 Å². The van der Waals surface area contributed by atoms with Crippen molar-refractivity contribution in [2.45, 2.75) is 25.6 Å². The highest BCUT2D eigenvalue weighted by Gasteiger charge is 2.31. The molecule has 0 saturated carbocycles. The molecule has 1 aromatic carbocycles. The predicted molar refractivity (Wildman–Crippen MR) is 107 cm³/mol. The number of hydrogen-bond donors (Lipinski definition) is 1. The molecule has 1 atom stereocenters. The molecule has 6 heteroatoms. The van der Waals surface area contributed by atoms with Crippen LogP contribution >= 0.6 is 0 Å². The van der Waals surface area contributed by atoms with E-state index in [-0.39, 0.29) is 6.04 Å². The van der Waals surface area contributed by atoms with Gasteiger partial charge in [-0.1, -0.05) is 30.3 Å². The Morgan fingerprint density at radius 1 is 0.964 bits per heavy atom. The van der Waals surface area contributed by atoms with Gasteiger partial charge in [0.1, 0.15) is 0 Å². The third-order valence-corrected chi connectivity index (χ3v) is 5.27. The summed E-state index contributed by atoms with van der Waals surface area (Å²) in [7, 11) is 0. The fourth-order valence-electron chi connectivity index (χ4n) is 4.00. The minimum Gasteiger partial charge on any atom is -0.348 e. The average Bonchev–Trinajstić information content (AvgIpc) is 3.40. The zero-order chi connectivity index (χ0) is 18.8. The number of aromatic nitrogens is 5. The van der Waals surface area contributed by atoms with Crippen LogP contribution in [0.25, 0.3) is 0 Å². The van der Waals surface area contributed by atoms with Crippen LogP contribution in [0.5, 0.6) is 0 Å². The first-order valence-corrected chi connectivity index (χ1v) is 9.59. The highest BCUT2D eigenvalue weighted by molar-refractivity contribution is 5.30. The molecule has 0 amide bonds. The van der Waals surface area contributed by atoms with Gasteiger partial charge in [-0.15, -0.1) is 0 Å². The van der Waals surface area contributed by atoms with Crippen molar-refractivity contribution in [3.63, 3.8) is 0 Å². The van der Waals surface area contributed by atoms with E-state index >= 15 is 0 Å². The molecule has 3 aromatic heterocycles. The zero-order valence-electron chi connectivity index (χ0n) is 15.6. The van der Waals surface area contributed by atoms with Crippen molar-refractivity contribution < 1.29 is 0 Å². The van der Waals surface area contributed by atoms with Crippen LogP contribution in [0.3, 0.4) is 0 Å². The van der Waals surface area contributed by atoms with Crippen LogP contribution in [-0.4, -0.2) is 36.2 Å². The normalized spacial score (nSPS) is 16.8. The van der Waals surface area contributed by atoms with Crippen molar-refractivity contribution in [1.29, 1.82) is 0 Å². The Labute approximate surface area is 163 Å². The third kappa shape index (κ3) is 3.34. The minimum atomic E-state index is 0.0750. The van der Waals surface area contributed by atoms with Gasteiger partial charge in [-0.3, -0.25) is 14.6 Å². The van der Waals surface area contributed by atoms with Crippen molar-refractivity contribution in [2.24, 2.45) is 0 Å². The Morgan fingerprint density at radius 2 is 1.89 bits per heavy atom. The number of imidazole rings is 1. The molecule has 140 valence electrons. The summed E-state index contributed by atoms with van der Waals surface area (Å²) >= 11 is 0. The summed E-state index contributed by atoms with van der Waals surface area (Å²) in [6.45, 7) is 2.62. The van der Waals surface area contributed by atoms with Crippen molar-refractivity contribution in [1.82, 2.24) is 29.6 Å². The molecule has 5 rings (SSSR count). The van der Waals surface area contributed by atoms with Gasteiger partial charge in [0.05, 0.1) is 30.3 Å². The average molecular weight is 370 g/mol. The van der Waals surface area contributed by atoms with Gasteiger partial charge in [0, 0.05) is 43.8 Å². The minimum absolute atomic E-state index is 0.0750. The molecular formula is C22H22N6. The number of nitrogens with zero attached hydrogens (tertiary/aromatic N) is 5. The Hall–Kier alpha value is -3.25. The summed E-state index contributed by atoms with van der Waals surface area (Å²) in [5.41, 5.74) is 5.91. The van der Waals surface area contributed by atoms with Crippen LogP contribution in [0.2, 0.25) is 0 Å². The Morgan fingerprint density at radius 3 is 2.71 bits per heavy atom. The van der Waals surface area contributed by atoms with Gasteiger partial charge in [-0.05, 0) is 29.3 Å². The second kappa shape index (κ2) is 7.40. The van der Waals surface area contributed by atoms with Crippen molar-refractivity contribution in [2.75, 3.05) is 6.54 Å². The molecule has 1 aliphatic heterocycles. The summed E-state index contributed by atoms with van der Waals surface area (Å²) in [5, 5.41) is 4.31. The number of hydrogen-bond acceptors (Lipinski definition) is 4. The lowest BCUT2D eigenvalue weighted by Gasteiger charge is -2.34. The highest BCUT2D eigenvalue weighted by Crippen LogP contribution is 2.33. The molecule has 0 radical (unpaired) electrons. The largest absolute Gasteiger partial charge is 0.348 e. The van der Waals surface area contributed by atoms with E-state index in [1.54, 1.807) is 6.33 Å². The van der Waals surface area contributed by atoms with Crippen LogP contribution in [-0.2, 0) is 19.5 Å². The number of aromatic amines is 1. The maximum atomic E-state index is 4.63. The summed E-state index contributed by atoms with van der Waals surface area (Å²) < 4.78 is 1.95. The van der Waals surface area contributed by atoms with E-state index in [9.17, 15) is 0 Å². The lowest BCUT2D eigenvalue weighted by Crippen LogP contribution is -2.36. The summed E-state index contributed by atoms with van der Waals surface area (Å²) in [4.78, 5) is 15.0. The van der Waals surface area contributed by atoms with Crippen molar-refractivity contribution >= 4 is 0 Å². The topological polar surface area (TPSA) is 62.6 Å².